The maximum atomic E-state index is 12.9. The Labute approximate surface area is 165 Å². The lowest BCUT2D eigenvalue weighted by Gasteiger charge is -2.30. The minimum Gasteiger partial charge on any atom is -0.453 e. The van der Waals surface area contributed by atoms with Gasteiger partial charge in [0.1, 0.15) is 0 Å². The molecule has 1 amide bonds. The Morgan fingerprint density at radius 2 is 1.54 bits per heavy atom. The zero-order valence-electron chi connectivity index (χ0n) is 16.1. The second kappa shape index (κ2) is 9.02. The number of nitrogens with one attached hydrogen (secondary N) is 1. The summed E-state index contributed by atoms with van der Waals surface area (Å²) in [5.74, 6) is -0.786. The molecule has 5 nitrogen and oxygen atoms in total. The fourth-order valence-corrected chi connectivity index (χ4v) is 3.78. The summed E-state index contributed by atoms with van der Waals surface area (Å²) >= 11 is 0. The van der Waals surface area contributed by atoms with Crippen molar-refractivity contribution in [1.82, 2.24) is 5.32 Å². The van der Waals surface area contributed by atoms with Crippen molar-refractivity contribution in [2.75, 3.05) is 6.61 Å². The fraction of sp³-hybridized carbons (Fsp3) is 0.391. The van der Waals surface area contributed by atoms with Gasteiger partial charge in [0.25, 0.3) is 5.91 Å². The van der Waals surface area contributed by atoms with Crippen molar-refractivity contribution in [2.24, 2.45) is 5.92 Å². The first-order valence-electron chi connectivity index (χ1n) is 9.82. The zero-order chi connectivity index (χ0) is 20.0. The Bertz CT molecular complexity index is 751. The van der Waals surface area contributed by atoms with Crippen LogP contribution in [-0.2, 0) is 19.9 Å². The molecule has 2 aromatic carbocycles. The molecule has 28 heavy (non-hydrogen) atoms. The van der Waals surface area contributed by atoms with Crippen LogP contribution < -0.4 is 5.32 Å². The fourth-order valence-electron chi connectivity index (χ4n) is 3.78. The second-order valence-electron chi connectivity index (χ2n) is 7.45. The lowest BCUT2D eigenvalue weighted by atomic mass is 9.86. The minimum absolute atomic E-state index is 0.113. The molecule has 0 bridgehead atoms. The van der Waals surface area contributed by atoms with E-state index in [9.17, 15) is 14.7 Å². The van der Waals surface area contributed by atoms with Crippen LogP contribution in [0.1, 0.15) is 43.7 Å². The van der Waals surface area contributed by atoms with Crippen molar-refractivity contribution in [2.45, 2.75) is 44.2 Å². The van der Waals surface area contributed by atoms with Gasteiger partial charge in [0.05, 0.1) is 0 Å². The smallest absolute Gasteiger partial charge is 0.348 e. The maximum absolute atomic E-state index is 12.9. The second-order valence-corrected chi connectivity index (χ2v) is 7.45. The van der Waals surface area contributed by atoms with Gasteiger partial charge in [-0.3, -0.25) is 4.79 Å². The number of hydrogen-bond acceptors (Lipinski definition) is 4. The van der Waals surface area contributed by atoms with Crippen LogP contribution in [0.2, 0.25) is 0 Å². The van der Waals surface area contributed by atoms with E-state index in [1.54, 1.807) is 60.7 Å². The summed E-state index contributed by atoms with van der Waals surface area (Å²) in [5, 5.41) is 14.2. The lowest BCUT2D eigenvalue weighted by molar-refractivity contribution is -0.164. The Morgan fingerprint density at radius 1 is 1.00 bits per heavy atom. The van der Waals surface area contributed by atoms with Gasteiger partial charge in [-0.2, -0.15) is 0 Å². The van der Waals surface area contributed by atoms with Gasteiger partial charge in [0, 0.05) is 6.04 Å². The summed E-state index contributed by atoms with van der Waals surface area (Å²) in [4.78, 5) is 25.2. The molecule has 2 atom stereocenters. The zero-order valence-corrected chi connectivity index (χ0v) is 16.1. The molecule has 148 valence electrons. The van der Waals surface area contributed by atoms with Crippen LogP contribution in [-0.4, -0.2) is 29.6 Å². The van der Waals surface area contributed by atoms with E-state index < -0.39 is 18.2 Å². The monoisotopic (exact) mass is 381 g/mol. The lowest BCUT2D eigenvalue weighted by Crippen LogP contribution is -2.44. The van der Waals surface area contributed by atoms with Crippen LogP contribution in [0.4, 0.5) is 0 Å². The number of amides is 1. The quantitative estimate of drug-likeness (QED) is 0.754. The minimum atomic E-state index is -1.97. The molecule has 3 rings (SSSR count). The highest BCUT2D eigenvalue weighted by Crippen LogP contribution is 2.31. The van der Waals surface area contributed by atoms with Gasteiger partial charge in [-0.25, -0.2) is 4.79 Å². The van der Waals surface area contributed by atoms with Crippen LogP contribution in [0.15, 0.2) is 60.7 Å². The molecule has 0 unspecified atom stereocenters. The van der Waals surface area contributed by atoms with Gasteiger partial charge in [0.15, 0.2) is 6.61 Å². The molecule has 2 N–H and O–H groups in total. The first-order chi connectivity index (χ1) is 13.5. The highest BCUT2D eigenvalue weighted by molar-refractivity contribution is 5.88. The molecular weight excluding hydrogens is 354 g/mol. The van der Waals surface area contributed by atoms with Gasteiger partial charge < -0.3 is 15.2 Å². The largest absolute Gasteiger partial charge is 0.453 e. The van der Waals surface area contributed by atoms with Gasteiger partial charge in [-0.05, 0) is 29.9 Å². The molecule has 2 aromatic rings. The van der Waals surface area contributed by atoms with E-state index in [2.05, 4.69) is 12.2 Å². The predicted octanol–water partition coefficient (Wildman–Crippen LogP) is 3.16. The summed E-state index contributed by atoms with van der Waals surface area (Å²) in [6.45, 7) is 1.71. The average Bonchev–Trinajstić information content (AvgIpc) is 2.74. The van der Waals surface area contributed by atoms with Crippen LogP contribution in [0.25, 0.3) is 0 Å². The molecule has 5 heteroatoms. The highest BCUT2D eigenvalue weighted by Gasteiger charge is 2.42. The molecule has 1 aliphatic carbocycles. The number of esters is 1. The number of hydrogen-bond donors (Lipinski definition) is 2. The average molecular weight is 381 g/mol. The van der Waals surface area contributed by atoms with E-state index in [4.69, 9.17) is 4.74 Å². The number of rotatable bonds is 6. The molecule has 0 radical (unpaired) electrons. The third-order valence-electron chi connectivity index (χ3n) is 5.47. The van der Waals surface area contributed by atoms with Crippen molar-refractivity contribution in [1.29, 1.82) is 0 Å². The summed E-state index contributed by atoms with van der Waals surface area (Å²) in [6, 6.07) is 17.4. The van der Waals surface area contributed by atoms with Crippen LogP contribution >= 0.6 is 0 Å². The molecule has 1 aliphatic rings. The Hall–Kier alpha value is -2.66. The van der Waals surface area contributed by atoms with Gasteiger partial charge in [0.2, 0.25) is 5.60 Å². The molecule has 0 saturated heterocycles. The van der Waals surface area contributed by atoms with Crippen molar-refractivity contribution < 1.29 is 19.4 Å². The summed E-state index contributed by atoms with van der Waals surface area (Å²) in [5.41, 5.74) is -1.18. The summed E-state index contributed by atoms with van der Waals surface area (Å²) < 4.78 is 5.25. The Balaban J connectivity index is 1.71. The predicted molar refractivity (Wildman–Crippen MR) is 106 cm³/mol. The SMILES string of the molecule is C[C@@H]1CCCC[C@@H]1NC(=O)COC(=O)C(O)(c1ccccc1)c1ccccc1. The molecule has 1 fully saturated rings. The highest BCUT2D eigenvalue weighted by atomic mass is 16.6. The summed E-state index contributed by atoms with van der Waals surface area (Å²) in [6.07, 6.45) is 4.31. The van der Waals surface area contributed by atoms with Crippen LogP contribution in [0.5, 0.6) is 0 Å². The molecule has 0 spiro atoms. The number of aliphatic hydroxyl groups is 1. The van der Waals surface area contributed by atoms with E-state index in [0.29, 0.717) is 17.0 Å². The number of ether oxygens (including phenoxy) is 1. The van der Waals surface area contributed by atoms with Gasteiger partial charge in [-0.15, -0.1) is 0 Å². The van der Waals surface area contributed by atoms with Gasteiger partial charge >= 0.3 is 5.97 Å². The van der Waals surface area contributed by atoms with Crippen molar-refractivity contribution in [3.8, 4) is 0 Å². The van der Waals surface area contributed by atoms with E-state index in [1.807, 2.05) is 0 Å². The van der Waals surface area contributed by atoms with Crippen molar-refractivity contribution >= 4 is 11.9 Å². The normalized spacial score (nSPS) is 19.6. The number of carbonyl (C=O) groups excluding carboxylic acids is 2. The first kappa shape index (κ1) is 20.1. The molecule has 0 heterocycles. The van der Waals surface area contributed by atoms with Crippen molar-refractivity contribution in [3.63, 3.8) is 0 Å². The van der Waals surface area contributed by atoms with Gasteiger partial charge in [-0.1, -0.05) is 80.4 Å². The first-order valence-corrected chi connectivity index (χ1v) is 9.82. The van der Waals surface area contributed by atoms with Crippen molar-refractivity contribution in [3.05, 3.63) is 71.8 Å². The summed E-state index contributed by atoms with van der Waals surface area (Å²) in [7, 11) is 0. The van der Waals surface area contributed by atoms with Crippen LogP contribution in [0.3, 0.4) is 0 Å². The van der Waals surface area contributed by atoms with E-state index >= 15 is 0 Å². The Kier molecular flexibility index (Phi) is 6.47. The standard InChI is InChI=1S/C23H27NO4/c1-17-10-8-9-15-20(17)24-21(25)16-28-22(26)23(27,18-11-4-2-5-12-18)19-13-6-3-7-14-19/h2-7,11-14,17,20,27H,8-10,15-16H2,1H3,(H,24,25)/t17-,20+/m1/s1. The van der Waals surface area contributed by atoms with E-state index in [0.717, 1.165) is 19.3 Å². The number of carbonyl (C=O) groups is 2. The molecule has 0 aliphatic heterocycles. The van der Waals surface area contributed by atoms with E-state index in [1.165, 1.54) is 6.42 Å². The maximum Gasteiger partial charge on any atom is 0.348 e. The third kappa shape index (κ3) is 4.42. The number of benzene rings is 2. The molecule has 0 aromatic heterocycles. The van der Waals surface area contributed by atoms with E-state index in [-0.39, 0.29) is 11.9 Å². The molecular formula is C23H27NO4. The Morgan fingerprint density at radius 3 is 2.07 bits per heavy atom. The van der Waals surface area contributed by atoms with Crippen LogP contribution in [0, 0.1) is 5.92 Å². The third-order valence-corrected chi connectivity index (χ3v) is 5.47. The molecule has 1 saturated carbocycles. The topological polar surface area (TPSA) is 75.6 Å².